The zero-order valence-corrected chi connectivity index (χ0v) is 13.2. The average Bonchev–Trinajstić information content (AvgIpc) is 2.50. The van der Waals surface area contributed by atoms with E-state index in [0.717, 1.165) is 32.4 Å². The van der Waals surface area contributed by atoms with Gasteiger partial charge in [-0.25, -0.2) is 0 Å². The molecule has 5 heteroatoms. The van der Waals surface area contributed by atoms with Gasteiger partial charge in [0, 0.05) is 13.1 Å². The molecule has 3 atom stereocenters. The molecule has 0 aromatic heterocycles. The zero-order valence-electron chi connectivity index (χ0n) is 13.2. The number of hydrogen-bond acceptors (Lipinski definition) is 3. The van der Waals surface area contributed by atoms with Crippen LogP contribution in [0.2, 0.25) is 0 Å². The van der Waals surface area contributed by atoms with Crippen molar-refractivity contribution < 1.29 is 9.59 Å². The van der Waals surface area contributed by atoms with Gasteiger partial charge in [-0.3, -0.25) is 9.59 Å². The van der Waals surface area contributed by atoms with Gasteiger partial charge in [-0.1, -0.05) is 20.3 Å². The number of hydrogen-bond donors (Lipinski definition) is 2. The average molecular weight is 283 g/mol. The Morgan fingerprint density at radius 1 is 1.15 bits per heavy atom. The summed E-state index contributed by atoms with van der Waals surface area (Å²) in [5.41, 5.74) is 0. The topological polar surface area (TPSA) is 61.4 Å². The van der Waals surface area contributed by atoms with Gasteiger partial charge in [0.1, 0.15) is 6.04 Å². The first-order chi connectivity index (χ1) is 9.51. The lowest BCUT2D eigenvalue weighted by Gasteiger charge is -2.33. The van der Waals surface area contributed by atoms with Gasteiger partial charge < -0.3 is 15.5 Å². The van der Waals surface area contributed by atoms with Crippen molar-refractivity contribution in [2.45, 2.75) is 58.5 Å². The van der Waals surface area contributed by atoms with Crippen LogP contribution in [0.3, 0.4) is 0 Å². The molecule has 1 fully saturated rings. The van der Waals surface area contributed by atoms with Gasteiger partial charge in [-0.05, 0) is 39.2 Å². The molecule has 0 spiro atoms. The lowest BCUT2D eigenvalue weighted by molar-refractivity contribution is -0.139. The van der Waals surface area contributed by atoms with Crippen molar-refractivity contribution in [1.82, 2.24) is 15.5 Å². The summed E-state index contributed by atoms with van der Waals surface area (Å²) in [4.78, 5) is 26.6. The number of rotatable bonds is 6. The van der Waals surface area contributed by atoms with Gasteiger partial charge in [0.15, 0.2) is 0 Å². The fourth-order valence-corrected chi connectivity index (χ4v) is 2.40. The minimum Gasteiger partial charge on any atom is -0.343 e. The highest BCUT2D eigenvalue weighted by molar-refractivity contribution is 5.89. The highest BCUT2D eigenvalue weighted by atomic mass is 16.2. The summed E-state index contributed by atoms with van der Waals surface area (Å²) in [6.45, 7) is 7.52. The van der Waals surface area contributed by atoms with E-state index in [1.54, 1.807) is 14.0 Å². The molecule has 0 radical (unpaired) electrons. The third kappa shape index (κ3) is 4.47. The second kappa shape index (κ2) is 8.25. The van der Waals surface area contributed by atoms with E-state index in [1.807, 2.05) is 11.8 Å². The van der Waals surface area contributed by atoms with Crippen molar-refractivity contribution in [1.29, 1.82) is 0 Å². The van der Waals surface area contributed by atoms with Crippen molar-refractivity contribution in [3.05, 3.63) is 0 Å². The minimum absolute atomic E-state index is 0.0794. The molecule has 1 rings (SSSR count). The smallest absolute Gasteiger partial charge is 0.245 e. The number of nitrogens with zero attached hydrogens (tertiary/aromatic N) is 1. The van der Waals surface area contributed by atoms with E-state index in [-0.39, 0.29) is 23.8 Å². The molecule has 116 valence electrons. The quantitative estimate of drug-likeness (QED) is 0.768. The molecule has 2 N–H and O–H groups in total. The molecule has 2 amide bonds. The molecule has 20 heavy (non-hydrogen) atoms. The van der Waals surface area contributed by atoms with Crippen molar-refractivity contribution in [3.63, 3.8) is 0 Å². The monoisotopic (exact) mass is 283 g/mol. The lowest BCUT2D eigenvalue weighted by atomic mass is 9.96. The Balaban J connectivity index is 2.72. The third-order valence-corrected chi connectivity index (χ3v) is 4.27. The number of nitrogens with one attached hydrogen (secondary N) is 2. The highest BCUT2D eigenvalue weighted by Crippen LogP contribution is 2.15. The molecule has 0 aliphatic carbocycles. The maximum atomic E-state index is 12.6. The summed E-state index contributed by atoms with van der Waals surface area (Å²) >= 11 is 0. The van der Waals surface area contributed by atoms with Crippen molar-refractivity contribution in [3.8, 4) is 0 Å². The Kier molecular flexibility index (Phi) is 6.99. The van der Waals surface area contributed by atoms with E-state index in [0.29, 0.717) is 0 Å². The summed E-state index contributed by atoms with van der Waals surface area (Å²) in [6, 6.07) is -0.683. The maximum absolute atomic E-state index is 12.6. The van der Waals surface area contributed by atoms with Gasteiger partial charge >= 0.3 is 0 Å². The molecule has 0 aromatic carbocycles. The first-order valence-corrected chi connectivity index (χ1v) is 7.77. The molecule has 1 heterocycles. The van der Waals surface area contributed by atoms with Crippen molar-refractivity contribution in [2.75, 3.05) is 20.1 Å². The van der Waals surface area contributed by atoms with Crippen LogP contribution in [-0.2, 0) is 9.59 Å². The number of piperidine rings is 1. The summed E-state index contributed by atoms with van der Waals surface area (Å²) in [7, 11) is 1.74. The molecule has 1 aliphatic rings. The lowest BCUT2D eigenvalue weighted by Crippen LogP contribution is -2.55. The SMILES string of the molecule is CC[C@H](C)C(NC(=O)[C@H](C)NC)C(=O)N1CCCCC1. The van der Waals surface area contributed by atoms with Crippen LogP contribution in [0.4, 0.5) is 0 Å². The van der Waals surface area contributed by atoms with Crippen molar-refractivity contribution in [2.24, 2.45) is 5.92 Å². The van der Waals surface area contributed by atoms with E-state index in [4.69, 9.17) is 0 Å². The molecular weight excluding hydrogens is 254 g/mol. The predicted octanol–water partition coefficient (Wildman–Crippen LogP) is 1.14. The maximum Gasteiger partial charge on any atom is 0.245 e. The molecule has 0 bridgehead atoms. The normalized spacial score (nSPS) is 20.1. The highest BCUT2D eigenvalue weighted by Gasteiger charge is 2.31. The van der Waals surface area contributed by atoms with Crippen LogP contribution in [0.1, 0.15) is 46.5 Å². The van der Waals surface area contributed by atoms with Crippen LogP contribution in [0.25, 0.3) is 0 Å². The standard InChI is InChI=1S/C15H29N3O2/c1-5-11(2)13(17-14(19)12(3)16-4)15(20)18-9-7-6-8-10-18/h11-13,16H,5-10H2,1-4H3,(H,17,19)/t11-,12-,13?/m0/s1. The number of carbonyl (C=O) groups is 2. The van der Waals surface area contributed by atoms with Crippen LogP contribution in [0.5, 0.6) is 0 Å². The van der Waals surface area contributed by atoms with E-state index in [9.17, 15) is 9.59 Å². The van der Waals surface area contributed by atoms with Crippen LogP contribution >= 0.6 is 0 Å². The van der Waals surface area contributed by atoms with E-state index in [2.05, 4.69) is 17.6 Å². The van der Waals surface area contributed by atoms with Gasteiger partial charge in [-0.15, -0.1) is 0 Å². The van der Waals surface area contributed by atoms with Crippen LogP contribution in [-0.4, -0.2) is 48.9 Å². The Morgan fingerprint density at radius 3 is 2.25 bits per heavy atom. The molecule has 1 saturated heterocycles. The summed E-state index contributed by atoms with van der Waals surface area (Å²) in [5.74, 6) is 0.122. The van der Waals surface area contributed by atoms with Crippen molar-refractivity contribution >= 4 is 11.8 Å². The first kappa shape index (κ1) is 17.0. The third-order valence-electron chi connectivity index (χ3n) is 4.27. The van der Waals surface area contributed by atoms with Crippen LogP contribution in [0.15, 0.2) is 0 Å². The number of likely N-dealkylation sites (N-methyl/N-ethyl adjacent to an activating group) is 1. The molecular formula is C15H29N3O2. The van der Waals surface area contributed by atoms with E-state index in [1.165, 1.54) is 6.42 Å². The van der Waals surface area contributed by atoms with Crippen LogP contribution < -0.4 is 10.6 Å². The second-order valence-electron chi connectivity index (χ2n) is 5.77. The number of likely N-dealkylation sites (tertiary alicyclic amines) is 1. The largest absolute Gasteiger partial charge is 0.343 e. The summed E-state index contributed by atoms with van der Waals surface area (Å²) in [6.07, 6.45) is 4.21. The minimum atomic E-state index is -0.401. The molecule has 0 saturated carbocycles. The number of carbonyl (C=O) groups excluding carboxylic acids is 2. The van der Waals surface area contributed by atoms with Gasteiger partial charge in [0.2, 0.25) is 11.8 Å². The molecule has 5 nitrogen and oxygen atoms in total. The van der Waals surface area contributed by atoms with Crippen LogP contribution in [0, 0.1) is 5.92 Å². The Bertz CT molecular complexity index is 327. The fourth-order valence-electron chi connectivity index (χ4n) is 2.40. The number of amides is 2. The Labute approximate surface area is 122 Å². The van der Waals surface area contributed by atoms with Gasteiger partial charge in [0.25, 0.3) is 0 Å². The second-order valence-corrected chi connectivity index (χ2v) is 5.77. The first-order valence-electron chi connectivity index (χ1n) is 7.77. The predicted molar refractivity (Wildman–Crippen MR) is 80.3 cm³/mol. The van der Waals surface area contributed by atoms with E-state index < -0.39 is 6.04 Å². The summed E-state index contributed by atoms with van der Waals surface area (Å²) < 4.78 is 0. The van der Waals surface area contributed by atoms with Gasteiger partial charge in [0.05, 0.1) is 6.04 Å². The zero-order chi connectivity index (χ0) is 15.1. The fraction of sp³-hybridized carbons (Fsp3) is 0.867. The Morgan fingerprint density at radius 2 is 1.75 bits per heavy atom. The molecule has 0 aromatic rings. The molecule has 1 aliphatic heterocycles. The van der Waals surface area contributed by atoms with Gasteiger partial charge in [-0.2, -0.15) is 0 Å². The van der Waals surface area contributed by atoms with E-state index >= 15 is 0 Å². The summed E-state index contributed by atoms with van der Waals surface area (Å²) in [5, 5.41) is 5.83. The molecule has 1 unspecified atom stereocenters. The Hall–Kier alpha value is -1.10.